The minimum atomic E-state index is -0.00396. The number of carbonyl (C=O) groups is 1. The molecule has 0 radical (unpaired) electrons. The summed E-state index contributed by atoms with van der Waals surface area (Å²) in [6.07, 6.45) is 5.23. The Morgan fingerprint density at radius 2 is 1.83 bits per heavy atom. The average molecular weight is 311 g/mol. The Morgan fingerprint density at radius 3 is 2.50 bits per heavy atom. The molecule has 0 heterocycles. The van der Waals surface area contributed by atoms with Crippen LogP contribution in [0.15, 0.2) is 28.7 Å². The van der Waals surface area contributed by atoms with Crippen LogP contribution in [-0.4, -0.2) is 25.0 Å². The minimum absolute atomic E-state index is 0.00396. The number of carbonyl (C=O) groups excluding carboxylic acids is 1. The van der Waals surface area contributed by atoms with Gasteiger partial charge in [-0.3, -0.25) is 4.79 Å². The smallest absolute Gasteiger partial charge is 0.251 e. The van der Waals surface area contributed by atoms with Crippen molar-refractivity contribution in [1.29, 1.82) is 0 Å². The van der Waals surface area contributed by atoms with E-state index in [-0.39, 0.29) is 5.91 Å². The lowest BCUT2D eigenvalue weighted by Crippen LogP contribution is -2.35. The fraction of sp³-hybridized carbons (Fsp3) is 0.500. The van der Waals surface area contributed by atoms with Gasteiger partial charge < -0.3 is 10.6 Å². The van der Waals surface area contributed by atoms with Crippen LogP contribution in [0.4, 0.5) is 0 Å². The van der Waals surface area contributed by atoms with Gasteiger partial charge in [0.25, 0.3) is 5.91 Å². The molecule has 1 saturated carbocycles. The molecule has 1 aliphatic rings. The zero-order chi connectivity index (χ0) is 12.8. The normalized spacial score (nSPS) is 15.8. The van der Waals surface area contributed by atoms with E-state index in [0.29, 0.717) is 18.2 Å². The van der Waals surface area contributed by atoms with E-state index in [0.717, 1.165) is 11.0 Å². The lowest BCUT2D eigenvalue weighted by atomic mass is 10.2. The highest BCUT2D eigenvalue weighted by Crippen LogP contribution is 2.17. The molecule has 18 heavy (non-hydrogen) atoms. The van der Waals surface area contributed by atoms with Crippen LogP contribution in [0, 0.1) is 0 Å². The lowest BCUT2D eigenvalue weighted by molar-refractivity contribution is 0.0953. The van der Waals surface area contributed by atoms with Crippen LogP contribution in [0.2, 0.25) is 0 Å². The summed E-state index contributed by atoms with van der Waals surface area (Å²) >= 11 is 3.35. The van der Waals surface area contributed by atoms with Crippen molar-refractivity contribution in [2.24, 2.45) is 0 Å². The molecule has 1 aliphatic carbocycles. The van der Waals surface area contributed by atoms with E-state index in [1.165, 1.54) is 25.7 Å². The van der Waals surface area contributed by atoms with Gasteiger partial charge >= 0.3 is 0 Å². The Labute approximate surface area is 116 Å². The molecule has 1 fully saturated rings. The summed E-state index contributed by atoms with van der Waals surface area (Å²) in [7, 11) is 0. The van der Waals surface area contributed by atoms with Crippen LogP contribution < -0.4 is 10.6 Å². The maximum absolute atomic E-state index is 11.8. The molecule has 2 N–H and O–H groups in total. The Balaban J connectivity index is 1.66. The predicted octanol–water partition coefficient (Wildman–Crippen LogP) is 2.71. The highest BCUT2D eigenvalue weighted by Gasteiger charge is 2.13. The van der Waals surface area contributed by atoms with Crippen molar-refractivity contribution < 1.29 is 4.79 Å². The first kappa shape index (κ1) is 13.6. The largest absolute Gasteiger partial charge is 0.351 e. The summed E-state index contributed by atoms with van der Waals surface area (Å²) in [6.45, 7) is 1.54. The number of hydrogen-bond donors (Lipinski definition) is 2. The Kier molecular flexibility index (Phi) is 5.20. The molecule has 2 rings (SSSR count). The second kappa shape index (κ2) is 6.90. The third-order valence-electron chi connectivity index (χ3n) is 3.31. The van der Waals surface area contributed by atoms with E-state index in [9.17, 15) is 4.79 Å². The molecule has 0 spiro atoms. The fourth-order valence-corrected chi connectivity index (χ4v) is 2.55. The Hall–Kier alpha value is -0.870. The number of benzene rings is 1. The second-order valence-electron chi connectivity index (χ2n) is 4.70. The van der Waals surface area contributed by atoms with Gasteiger partial charge in [-0.1, -0.05) is 28.8 Å². The van der Waals surface area contributed by atoms with Crippen LogP contribution in [0.1, 0.15) is 36.0 Å². The monoisotopic (exact) mass is 310 g/mol. The molecule has 0 atom stereocenters. The predicted molar refractivity (Wildman–Crippen MR) is 76.7 cm³/mol. The standard InChI is InChI=1S/C14H19BrN2O/c15-12-7-5-11(6-8-12)14(18)17-10-9-16-13-3-1-2-4-13/h5-8,13,16H,1-4,9-10H2,(H,17,18). The summed E-state index contributed by atoms with van der Waals surface area (Å²) in [4.78, 5) is 11.8. The molecule has 0 saturated heterocycles. The molecule has 1 aromatic carbocycles. The molecule has 0 aliphatic heterocycles. The van der Waals surface area contributed by atoms with E-state index in [4.69, 9.17) is 0 Å². The van der Waals surface area contributed by atoms with Gasteiger partial charge in [0.05, 0.1) is 0 Å². The maximum atomic E-state index is 11.8. The fourth-order valence-electron chi connectivity index (χ4n) is 2.29. The Morgan fingerprint density at radius 1 is 1.17 bits per heavy atom. The average Bonchev–Trinajstić information content (AvgIpc) is 2.88. The minimum Gasteiger partial charge on any atom is -0.351 e. The van der Waals surface area contributed by atoms with Crippen LogP contribution >= 0.6 is 15.9 Å². The highest BCUT2D eigenvalue weighted by molar-refractivity contribution is 9.10. The molecule has 0 bridgehead atoms. The van der Waals surface area contributed by atoms with Gasteiger partial charge in [0.2, 0.25) is 0 Å². The van der Waals surface area contributed by atoms with Crippen LogP contribution in [0.3, 0.4) is 0 Å². The van der Waals surface area contributed by atoms with Gasteiger partial charge in [-0.25, -0.2) is 0 Å². The van der Waals surface area contributed by atoms with Gasteiger partial charge in [-0.05, 0) is 37.1 Å². The molecule has 0 aromatic heterocycles. The van der Waals surface area contributed by atoms with E-state index < -0.39 is 0 Å². The Bertz CT molecular complexity index is 385. The van der Waals surface area contributed by atoms with Gasteiger partial charge in [0, 0.05) is 29.2 Å². The molecule has 3 nitrogen and oxygen atoms in total. The maximum Gasteiger partial charge on any atom is 0.251 e. The molecule has 1 aromatic rings. The molecule has 1 amide bonds. The number of halogens is 1. The molecule has 0 unspecified atom stereocenters. The quantitative estimate of drug-likeness (QED) is 0.821. The van der Waals surface area contributed by atoms with Gasteiger partial charge in [0.1, 0.15) is 0 Å². The summed E-state index contributed by atoms with van der Waals surface area (Å²) < 4.78 is 0.988. The highest BCUT2D eigenvalue weighted by atomic mass is 79.9. The number of amides is 1. The topological polar surface area (TPSA) is 41.1 Å². The second-order valence-corrected chi connectivity index (χ2v) is 5.61. The van der Waals surface area contributed by atoms with Crippen molar-refractivity contribution in [2.75, 3.05) is 13.1 Å². The van der Waals surface area contributed by atoms with Gasteiger partial charge in [0.15, 0.2) is 0 Å². The number of nitrogens with one attached hydrogen (secondary N) is 2. The third kappa shape index (κ3) is 4.10. The molecule has 98 valence electrons. The number of hydrogen-bond acceptors (Lipinski definition) is 2. The third-order valence-corrected chi connectivity index (χ3v) is 3.83. The van der Waals surface area contributed by atoms with Crippen LogP contribution in [0.5, 0.6) is 0 Å². The van der Waals surface area contributed by atoms with Gasteiger partial charge in [-0.15, -0.1) is 0 Å². The number of rotatable bonds is 5. The van der Waals surface area contributed by atoms with Crippen LogP contribution in [-0.2, 0) is 0 Å². The van der Waals surface area contributed by atoms with E-state index >= 15 is 0 Å². The first-order valence-corrected chi connectivity index (χ1v) is 7.32. The molecular weight excluding hydrogens is 292 g/mol. The first-order valence-electron chi connectivity index (χ1n) is 6.53. The zero-order valence-electron chi connectivity index (χ0n) is 10.4. The lowest BCUT2D eigenvalue weighted by Gasteiger charge is -2.12. The summed E-state index contributed by atoms with van der Waals surface area (Å²) in [5.41, 5.74) is 0.707. The van der Waals surface area contributed by atoms with Crippen molar-refractivity contribution in [3.05, 3.63) is 34.3 Å². The van der Waals surface area contributed by atoms with E-state index in [1.807, 2.05) is 24.3 Å². The van der Waals surface area contributed by atoms with Gasteiger partial charge in [-0.2, -0.15) is 0 Å². The van der Waals surface area contributed by atoms with E-state index in [1.54, 1.807) is 0 Å². The van der Waals surface area contributed by atoms with Crippen molar-refractivity contribution in [1.82, 2.24) is 10.6 Å². The van der Waals surface area contributed by atoms with Crippen molar-refractivity contribution in [3.63, 3.8) is 0 Å². The first-order chi connectivity index (χ1) is 8.75. The zero-order valence-corrected chi connectivity index (χ0v) is 12.0. The molecule has 4 heteroatoms. The summed E-state index contributed by atoms with van der Waals surface area (Å²) in [6, 6.07) is 8.07. The van der Waals surface area contributed by atoms with Crippen molar-refractivity contribution in [2.45, 2.75) is 31.7 Å². The molecular formula is C14H19BrN2O. The van der Waals surface area contributed by atoms with E-state index in [2.05, 4.69) is 26.6 Å². The van der Waals surface area contributed by atoms with Crippen LogP contribution in [0.25, 0.3) is 0 Å². The van der Waals surface area contributed by atoms with Crippen molar-refractivity contribution in [3.8, 4) is 0 Å². The summed E-state index contributed by atoms with van der Waals surface area (Å²) in [5, 5.41) is 6.40. The summed E-state index contributed by atoms with van der Waals surface area (Å²) in [5.74, 6) is -0.00396. The SMILES string of the molecule is O=C(NCCNC1CCCC1)c1ccc(Br)cc1. The van der Waals surface area contributed by atoms with Crippen molar-refractivity contribution >= 4 is 21.8 Å².